The van der Waals surface area contributed by atoms with Crippen LogP contribution in [-0.2, 0) is 0 Å². The van der Waals surface area contributed by atoms with Gasteiger partial charge in [-0.1, -0.05) is 6.07 Å². The van der Waals surface area contributed by atoms with Crippen molar-refractivity contribution in [3.05, 3.63) is 36.4 Å². The lowest BCUT2D eigenvalue weighted by Gasteiger charge is -2.09. The van der Waals surface area contributed by atoms with E-state index in [1.54, 1.807) is 26.6 Å². The van der Waals surface area contributed by atoms with Crippen LogP contribution in [-0.4, -0.2) is 24.2 Å². The number of aromatic nitrogens is 2. The van der Waals surface area contributed by atoms with E-state index in [9.17, 15) is 0 Å². The maximum Gasteiger partial charge on any atom is 0.161 e. The molecule has 1 heterocycles. The summed E-state index contributed by atoms with van der Waals surface area (Å²) in [7, 11) is 3.24. The predicted molar refractivity (Wildman–Crippen MR) is 65.3 cm³/mol. The van der Waals surface area contributed by atoms with Gasteiger partial charge in [0.05, 0.1) is 14.2 Å². The van der Waals surface area contributed by atoms with Crippen LogP contribution in [0.25, 0.3) is 11.1 Å². The Morgan fingerprint density at radius 1 is 0.882 bits per heavy atom. The Hall–Kier alpha value is -2.10. The topological polar surface area (TPSA) is 44.2 Å². The molecule has 4 heteroatoms. The summed E-state index contributed by atoms with van der Waals surface area (Å²) in [6.07, 6.45) is 3.59. The summed E-state index contributed by atoms with van der Waals surface area (Å²) in [5.41, 5.74) is 1.96. The first-order valence-electron chi connectivity index (χ1n) is 5.25. The summed E-state index contributed by atoms with van der Waals surface area (Å²) in [6.45, 7) is 1.86. The third-order valence-electron chi connectivity index (χ3n) is 2.50. The van der Waals surface area contributed by atoms with Crippen LogP contribution in [0, 0.1) is 6.92 Å². The SMILES string of the molecule is COc1ccc(-c2cnc(C)nc2)cc1OC. The molecule has 0 atom stereocenters. The van der Waals surface area contributed by atoms with Crippen LogP contribution in [0.4, 0.5) is 0 Å². The zero-order chi connectivity index (χ0) is 12.3. The highest BCUT2D eigenvalue weighted by Crippen LogP contribution is 2.31. The minimum absolute atomic E-state index is 0.700. The van der Waals surface area contributed by atoms with Crippen LogP contribution in [0.3, 0.4) is 0 Å². The van der Waals surface area contributed by atoms with Crippen LogP contribution in [0.2, 0.25) is 0 Å². The fourth-order valence-electron chi connectivity index (χ4n) is 1.56. The van der Waals surface area contributed by atoms with E-state index in [0.717, 1.165) is 17.0 Å². The van der Waals surface area contributed by atoms with E-state index in [4.69, 9.17) is 9.47 Å². The molecule has 2 rings (SSSR count). The highest BCUT2D eigenvalue weighted by molar-refractivity contribution is 5.65. The van der Waals surface area contributed by atoms with Gasteiger partial charge >= 0.3 is 0 Å². The molecule has 0 amide bonds. The van der Waals surface area contributed by atoms with Crippen molar-refractivity contribution in [1.82, 2.24) is 9.97 Å². The molecule has 0 aliphatic heterocycles. The van der Waals surface area contributed by atoms with Crippen molar-refractivity contribution in [3.63, 3.8) is 0 Å². The smallest absolute Gasteiger partial charge is 0.161 e. The predicted octanol–water partition coefficient (Wildman–Crippen LogP) is 2.47. The number of ether oxygens (including phenoxy) is 2. The summed E-state index contributed by atoms with van der Waals surface area (Å²) in [5.74, 6) is 2.17. The van der Waals surface area contributed by atoms with Gasteiger partial charge in [-0.05, 0) is 24.6 Å². The van der Waals surface area contributed by atoms with Gasteiger partial charge in [0.15, 0.2) is 11.5 Å². The fourth-order valence-corrected chi connectivity index (χ4v) is 1.56. The second-order valence-electron chi connectivity index (χ2n) is 3.59. The molecule has 0 saturated carbocycles. The third-order valence-corrected chi connectivity index (χ3v) is 2.50. The first-order valence-corrected chi connectivity index (χ1v) is 5.25. The summed E-state index contributed by atoms with van der Waals surface area (Å²) in [6, 6.07) is 5.73. The van der Waals surface area contributed by atoms with Gasteiger partial charge in [-0.15, -0.1) is 0 Å². The van der Waals surface area contributed by atoms with Crippen molar-refractivity contribution < 1.29 is 9.47 Å². The van der Waals surface area contributed by atoms with Crippen molar-refractivity contribution in [3.8, 4) is 22.6 Å². The first-order chi connectivity index (χ1) is 8.24. The van der Waals surface area contributed by atoms with Crippen LogP contribution < -0.4 is 9.47 Å². The Morgan fingerprint density at radius 3 is 2.12 bits per heavy atom. The maximum absolute atomic E-state index is 5.26. The Bertz CT molecular complexity index is 509. The number of nitrogens with zero attached hydrogens (tertiary/aromatic N) is 2. The number of methoxy groups -OCH3 is 2. The van der Waals surface area contributed by atoms with Crippen LogP contribution in [0.5, 0.6) is 11.5 Å². The molecule has 88 valence electrons. The summed E-state index contributed by atoms with van der Waals surface area (Å²) >= 11 is 0. The van der Waals surface area contributed by atoms with Gasteiger partial charge in [0.1, 0.15) is 5.82 Å². The fraction of sp³-hybridized carbons (Fsp3) is 0.231. The number of rotatable bonds is 3. The van der Waals surface area contributed by atoms with E-state index in [-0.39, 0.29) is 0 Å². The highest BCUT2D eigenvalue weighted by atomic mass is 16.5. The lowest BCUT2D eigenvalue weighted by Crippen LogP contribution is -1.92. The Labute approximate surface area is 100 Å². The minimum Gasteiger partial charge on any atom is -0.493 e. The largest absolute Gasteiger partial charge is 0.493 e. The van der Waals surface area contributed by atoms with E-state index in [0.29, 0.717) is 11.5 Å². The Morgan fingerprint density at radius 2 is 1.53 bits per heavy atom. The standard InChI is InChI=1S/C13H14N2O2/c1-9-14-7-11(8-15-9)10-4-5-12(16-2)13(6-10)17-3/h4-8H,1-3H3. The van der Waals surface area contributed by atoms with Crippen LogP contribution >= 0.6 is 0 Å². The molecule has 0 spiro atoms. The van der Waals surface area contributed by atoms with E-state index >= 15 is 0 Å². The molecule has 0 aliphatic carbocycles. The van der Waals surface area contributed by atoms with Gasteiger partial charge in [0.25, 0.3) is 0 Å². The summed E-state index contributed by atoms with van der Waals surface area (Å²) < 4.78 is 10.4. The second-order valence-corrected chi connectivity index (χ2v) is 3.59. The van der Waals surface area contributed by atoms with E-state index < -0.39 is 0 Å². The van der Waals surface area contributed by atoms with Gasteiger partial charge in [0.2, 0.25) is 0 Å². The molecule has 1 aromatic heterocycles. The van der Waals surface area contributed by atoms with E-state index in [1.807, 2.05) is 25.1 Å². The zero-order valence-electron chi connectivity index (χ0n) is 10.1. The van der Waals surface area contributed by atoms with Gasteiger partial charge in [0, 0.05) is 18.0 Å². The molecule has 2 aromatic rings. The normalized spacial score (nSPS) is 10.1. The molecular formula is C13H14N2O2. The second kappa shape index (κ2) is 4.82. The highest BCUT2D eigenvalue weighted by Gasteiger charge is 2.06. The van der Waals surface area contributed by atoms with Gasteiger partial charge in [-0.3, -0.25) is 0 Å². The average molecular weight is 230 g/mol. The Kier molecular flexibility index (Phi) is 3.23. The third kappa shape index (κ3) is 2.36. The van der Waals surface area contributed by atoms with E-state index in [2.05, 4.69) is 9.97 Å². The quantitative estimate of drug-likeness (QED) is 0.812. The number of hydrogen-bond acceptors (Lipinski definition) is 4. The number of hydrogen-bond donors (Lipinski definition) is 0. The van der Waals surface area contributed by atoms with Crippen LogP contribution in [0.1, 0.15) is 5.82 Å². The van der Waals surface area contributed by atoms with Gasteiger partial charge in [-0.25, -0.2) is 9.97 Å². The maximum atomic E-state index is 5.26. The number of aryl methyl sites for hydroxylation is 1. The molecule has 0 bridgehead atoms. The van der Waals surface area contributed by atoms with Crippen molar-refractivity contribution in [1.29, 1.82) is 0 Å². The molecule has 0 unspecified atom stereocenters. The van der Waals surface area contributed by atoms with Gasteiger partial charge < -0.3 is 9.47 Å². The molecule has 0 aliphatic rings. The molecule has 0 saturated heterocycles. The molecule has 1 aromatic carbocycles. The Balaban J connectivity index is 2.42. The average Bonchev–Trinajstić information content (AvgIpc) is 2.39. The molecule has 4 nitrogen and oxygen atoms in total. The van der Waals surface area contributed by atoms with Crippen molar-refractivity contribution >= 4 is 0 Å². The molecule has 0 N–H and O–H groups in total. The lowest BCUT2D eigenvalue weighted by atomic mass is 10.1. The van der Waals surface area contributed by atoms with Crippen LogP contribution in [0.15, 0.2) is 30.6 Å². The minimum atomic E-state index is 0.700. The van der Waals surface area contributed by atoms with E-state index in [1.165, 1.54) is 0 Å². The molecule has 0 radical (unpaired) electrons. The molecule has 17 heavy (non-hydrogen) atoms. The molecular weight excluding hydrogens is 216 g/mol. The monoisotopic (exact) mass is 230 g/mol. The summed E-state index contributed by atoms with van der Waals surface area (Å²) in [5, 5.41) is 0. The van der Waals surface area contributed by atoms with Crippen molar-refractivity contribution in [2.75, 3.05) is 14.2 Å². The number of benzene rings is 1. The van der Waals surface area contributed by atoms with Gasteiger partial charge in [-0.2, -0.15) is 0 Å². The molecule has 0 fully saturated rings. The summed E-state index contributed by atoms with van der Waals surface area (Å²) in [4.78, 5) is 8.34. The lowest BCUT2D eigenvalue weighted by molar-refractivity contribution is 0.355. The van der Waals surface area contributed by atoms with Crippen molar-refractivity contribution in [2.45, 2.75) is 6.92 Å². The van der Waals surface area contributed by atoms with Crippen molar-refractivity contribution in [2.24, 2.45) is 0 Å². The zero-order valence-corrected chi connectivity index (χ0v) is 10.1. The first kappa shape index (κ1) is 11.4.